The summed E-state index contributed by atoms with van der Waals surface area (Å²) in [5.41, 5.74) is 6.63. The Labute approximate surface area is 110 Å². The van der Waals surface area contributed by atoms with E-state index in [1.165, 1.54) is 6.07 Å². The lowest BCUT2D eigenvalue weighted by atomic mass is 10.1. The molecule has 1 aromatic heterocycles. The van der Waals surface area contributed by atoms with Crippen LogP contribution in [0.2, 0.25) is 0 Å². The van der Waals surface area contributed by atoms with Crippen molar-refractivity contribution in [2.75, 3.05) is 0 Å². The van der Waals surface area contributed by atoms with Gasteiger partial charge in [-0.2, -0.15) is 0 Å². The molecule has 0 amide bonds. The van der Waals surface area contributed by atoms with Crippen molar-refractivity contribution < 1.29 is 4.39 Å². The van der Waals surface area contributed by atoms with Crippen LogP contribution in [0.1, 0.15) is 17.7 Å². The summed E-state index contributed by atoms with van der Waals surface area (Å²) in [6.07, 6.45) is 3.45. The third kappa shape index (κ3) is 3.09. The van der Waals surface area contributed by atoms with E-state index in [9.17, 15) is 4.39 Å². The average Bonchev–Trinajstić information content (AvgIpc) is 2.38. The van der Waals surface area contributed by atoms with Crippen molar-refractivity contribution >= 4 is 11.8 Å². The van der Waals surface area contributed by atoms with E-state index < -0.39 is 0 Å². The first-order chi connectivity index (χ1) is 8.68. The molecule has 2 aromatic rings. The predicted molar refractivity (Wildman–Crippen MR) is 72.9 cm³/mol. The average molecular weight is 262 g/mol. The van der Waals surface area contributed by atoms with E-state index in [2.05, 4.69) is 4.98 Å². The van der Waals surface area contributed by atoms with Crippen molar-refractivity contribution in [2.45, 2.75) is 23.1 Å². The second-order valence-electron chi connectivity index (χ2n) is 4.10. The number of halogens is 1. The van der Waals surface area contributed by atoms with E-state index in [0.717, 1.165) is 4.90 Å². The molecule has 0 aliphatic rings. The molecule has 1 heterocycles. The van der Waals surface area contributed by atoms with Crippen LogP contribution in [-0.4, -0.2) is 11.0 Å². The Morgan fingerprint density at radius 3 is 2.44 bits per heavy atom. The van der Waals surface area contributed by atoms with Crippen molar-refractivity contribution in [1.29, 1.82) is 0 Å². The molecule has 0 radical (unpaired) electrons. The summed E-state index contributed by atoms with van der Waals surface area (Å²) >= 11 is 1.56. The first kappa shape index (κ1) is 13.1. The Morgan fingerprint density at radius 2 is 1.83 bits per heavy atom. The van der Waals surface area contributed by atoms with Gasteiger partial charge in [0.05, 0.1) is 5.25 Å². The topological polar surface area (TPSA) is 38.9 Å². The molecule has 2 unspecified atom stereocenters. The van der Waals surface area contributed by atoms with Crippen LogP contribution in [-0.2, 0) is 0 Å². The fourth-order valence-electron chi connectivity index (χ4n) is 1.72. The van der Waals surface area contributed by atoms with Crippen molar-refractivity contribution in [3.63, 3.8) is 0 Å². The lowest BCUT2D eigenvalue weighted by Gasteiger charge is -2.21. The van der Waals surface area contributed by atoms with Crippen molar-refractivity contribution in [2.24, 2.45) is 5.73 Å². The predicted octanol–water partition coefficient (Wildman–Crippen LogP) is 3.40. The van der Waals surface area contributed by atoms with Crippen LogP contribution in [0.25, 0.3) is 0 Å². The highest BCUT2D eigenvalue weighted by Gasteiger charge is 2.20. The summed E-state index contributed by atoms with van der Waals surface area (Å²) < 4.78 is 13.8. The summed E-state index contributed by atoms with van der Waals surface area (Å²) in [4.78, 5) is 5.01. The van der Waals surface area contributed by atoms with E-state index in [1.807, 2.05) is 25.1 Å². The Hall–Kier alpha value is -1.39. The van der Waals surface area contributed by atoms with Crippen molar-refractivity contribution in [3.8, 4) is 0 Å². The van der Waals surface area contributed by atoms with E-state index in [4.69, 9.17) is 5.73 Å². The van der Waals surface area contributed by atoms with Gasteiger partial charge in [-0.15, -0.1) is 11.8 Å². The third-order valence-corrected chi connectivity index (χ3v) is 4.08. The highest BCUT2D eigenvalue weighted by molar-refractivity contribution is 7.99. The molecule has 2 N–H and O–H groups in total. The number of hydrogen-bond acceptors (Lipinski definition) is 3. The zero-order valence-corrected chi connectivity index (χ0v) is 10.9. The number of pyridine rings is 1. The highest BCUT2D eigenvalue weighted by Crippen LogP contribution is 2.37. The second-order valence-corrected chi connectivity index (χ2v) is 5.32. The van der Waals surface area contributed by atoms with Gasteiger partial charge in [-0.1, -0.05) is 18.2 Å². The molecule has 2 nitrogen and oxygen atoms in total. The molecule has 0 spiro atoms. The van der Waals surface area contributed by atoms with Crippen LogP contribution < -0.4 is 5.73 Å². The number of nitrogens with zero attached hydrogens (tertiary/aromatic N) is 1. The molecule has 0 saturated heterocycles. The number of thioether (sulfide) groups is 1. The van der Waals surface area contributed by atoms with Crippen LogP contribution >= 0.6 is 11.8 Å². The SMILES string of the molecule is CC(N)C(Sc1ccncc1)c1ccccc1F. The Kier molecular flexibility index (Phi) is 4.33. The van der Waals surface area contributed by atoms with Crippen LogP contribution in [0.5, 0.6) is 0 Å². The summed E-state index contributed by atoms with van der Waals surface area (Å²) in [5, 5.41) is -0.103. The maximum atomic E-state index is 13.8. The molecule has 1 aromatic carbocycles. The zero-order chi connectivity index (χ0) is 13.0. The van der Waals surface area contributed by atoms with Gasteiger partial charge in [0, 0.05) is 28.9 Å². The minimum Gasteiger partial charge on any atom is -0.327 e. The molecule has 94 valence electrons. The molecule has 18 heavy (non-hydrogen) atoms. The first-order valence-electron chi connectivity index (χ1n) is 5.75. The van der Waals surface area contributed by atoms with E-state index in [-0.39, 0.29) is 17.1 Å². The molecule has 0 saturated carbocycles. The standard InChI is InChI=1S/C14H15FN2S/c1-10(16)14(12-4-2-3-5-13(12)15)18-11-6-8-17-9-7-11/h2-10,14H,16H2,1H3. The molecule has 0 bridgehead atoms. The molecule has 0 aliphatic heterocycles. The van der Waals surface area contributed by atoms with Crippen molar-refractivity contribution in [3.05, 3.63) is 60.2 Å². The summed E-state index contributed by atoms with van der Waals surface area (Å²) in [6.45, 7) is 1.89. The Morgan fingerprint density at radius 1 is 1.17 bits per heavy atom. The maximum absolute atomic E-state index is 13.8. The molecule has 0 fully saturated rings. The van der Waals surface area contributed by atoms with E-state index in [0.29, 0.717) is 5.56 Å². The van der Waals surface area contributed by atoms with Gasteiger partial charge in [0.2, 0.25) is 0 Å². The molecule has 2 rings (SSSR count). The number of nitrogens with two attached hydrogens (primary N) is 1. The number of hydrogen-bond donors (Lipinski definition) is 1. The van der Waals surface area contributed by atoms with Gasteiger partial charge >= 0.3 is 0 Å². The highest BCUT2D eigenvalue weighted by atomic mass is 32.2. The minimum absolute atomic E-state index is 0.103. The van der Waals surface area contributed by atoms with Crippen LogP contribution in [0.3, 0.4) is 0 Å². The van der Waals surface area contributed by atoms with Crippen LogP contribution in [0.4, 0.5) is 4.39 Å². The Balaban J connectivity index is 2.27. The molecule has 2 atom stereocenters. The van der Waals surface area contributed by atoms with Gasteiger partial charge in [0.25, 0.3) is 0 Å². The number of benzene rings is 1. The first-order valence-corrected chi connectivity index (χ1v) is 6.63. The smallest absolute Gasteiger partial charge is 0.127 e. The zero-order valence-electron chi connectivity index (χ0n) is 10.1. The van der Waals surface area contributed by atoms with Gasteiger partial charge in [0.1, 0.15) is 5.82 Å². The van der Waals surface area contributed by atoms with Gasteiger partial charge in [-0.25, -0.2) is 4.39 Å². The fraction of sp³-hybridized carbons (Fsp3) is 0.214. The summed E-state index contributed by atoms with van der Waals surface area (Å²) in [7, 11) is 0. The van der Waals surface area contributed by atoms with Gasteiger partial charge in [-0.3, -0.25) is 4.98 Å². The van der Waals surface area contributed by atoms with Crippen molar-refractivity contribution in [1.82, 2.24) is 4.98 Å². The maximum Gasteiger partial charge on any atom is 0.127 e. The van der Waals surface area contributed by atoms with Gasteiger partial charge in [-0.05, 0) is 25.1 Å². The number of rotatable bonds is 4. The van der Waals surface area contributed by atoms with Gasteiger partial charge in [0.15, 0.2) is 0 Å². The quantitative estimate of drug-likeness (QED) is 0.858. The minimum atomic E-state index is -0.207. The van der Waals surface area contributed by atoms with E-state index in [1.54, 1.807) is 36.3 Å². The van der Waals surface area contributed by atoms with E-state index >= 15 is 0 Å². The van der Waals surface area contributed by atoms with Gasteiger partial charge < -0.3 is 5.73 Å². The lowest BCUT2D eigenvalue weighted by Crippen LogP contribution is -2.23. The third-order valence-electron chi connectivity index (χ3n) is 2.60. The second kappa shape index (κ2) is 5.98. The van der Waals surface area contributed by atoms with Crippen LogP contribution in [0, 0.1) is 5.82 Å². The monoisotopic (exact) mass is 262 g/mol. The lowest BCUT2D eigenvalue weighted by molar-refractivity contribution is 0.592. The summed E-state index contributed by atoms with van der Waals surface area (Å²) in [6, 6.07) is 10.5. The molecular weight excluding hydrogens is 247 g/mol. The van der Waals surface area contributed by atoms with Crippen LogP contribution in [0.15, 0.2) is 53.7 Å². The number of aromatic nitrogens is 1. The summed E-state index contributed by atoms with van der Waals surface area (Å²) in [5.74, 6) is -0.207. The molecule has 0 aliphatic carbocycles. The Bertz CT molecular complexity index is 502. The largest absolute Gasteiger partial charge is 0.327 e. The molecule has 4 heteroatoms. The fourth-order valence-corrected chi connectivity index (χ4v) is 2.83. The normalized spacial score (nSPS) is 14.2. The molecular formula is C14H15FN2S.